The Bertz CT molecular complexity index is 490. The maximum Gasteiger partial charge on any atom is 0.157 e. The molecule has 5 heteroatoms. The first kappa shape index (κ1) is 13.7. The van der Waals surface area contributed by atoms with E-state index in [-0.39, 0.29) is 0 Å². The SMILES string of the molecule is CCCNCc1ccc(COc2cnn(CC)c2)o1. The molecule has 0 bridgehead atoms. The molecule has 0 aliphatic carbocycles. The van der Waals surface area contributed by atoms with Gasteiger partial charge in [-0.25, -0.2) is 0 Å². The standard InChI is InChI=1S/C14H21N3O2/c1-3-7-15-8-12-5-6-13(19-12)11-18-14-9-16-17(4-2)10-14/h5-6,9-10,15H,3-4,7-8,11H2,1-2H3. The van der Waals surface area contributed by atoms with Gasteiger partial charge in [0.2, 0.25) is 0 Å². The van der Waals surface area contributed by atoms with Crippen LogP contribution in [-0.4, -0.2) is 16.3 Å². The number of ether oxygens (including phenoxy) is 1. The van der Waals surface area contributed by atoms with Crippen LogP contribution in [0.4, 0.5) is 0 Å². The molecule has 0 spiro atoms. The molecule has 0 atom stereocenters. The van der Waals surface area contributed by atoms with Crippen molar-refractivity contribution in [2.24, 2.45) is 0 Å². The molecule has 2 heterocycles. The summed E-state index contributed by atoms with van der Waals surface area (Å²) in [5, 5.41) is 7.45. The topological polar surface area (TPSA) is 52.2 Å². The highest BCUT2D eigenvalue weighted by Gasteiger charge is 2.04. The van der Waals surface area contributed by atoms with Crippen molar-refractivity contribution in [3.63, 3.8) is 0 Å². The molecule has 0 aliphatic heterocycles. The van der Waals surface area contributed by atoms with E-state index in [9.17, 15) is 0 Å². The molecule has 0 radical (unpaired) electrons. The summed E-state index contributed by atoms with van der Waals surface area (Å²) in [6, 6.07) is 3.93. The minimum atomic E-state index is 0.434. The van der Waals surface area contributed by atoms with Crippen molar-refractivity contribution in [2.75, 3.05) is 6.54 Å². The van der Waals surface area contributed by atoms with Crippen LogP contribution in [-0.2, 0) is 19.7 Å². The first-order chi connectivity index (χ1) is 9.31. The van der Waals surface area contributed by atoms with E-state index in [0.717, 1.165) is 43.3 Å². The third kappa shape index (κ3) is 4.13. The summed E-state index contributed by atoms with van der Waals surface area (Å²) in [4.78, 5) is 0. The minimum Gasteiger partial charge on any atom is -0.482 e. The van der Waals surface area contributed by atoms with Gasteiger partial charge in [-0.15, -0.1) is 0 Å². The monoisotopic (exact) mass is 263 g/mol. The number of aryl methyl sites for hydroxylation is 1. The highest BCUT2D eigenvalue weighted by atomic mass is 16.5. The van der Waals surface area contributed by atoms with E-state index in [0.29, 0.717) is 6.61 Å². The molecule has 2 aromatic rings. The molecule has 0 aromatic carbocycles. The first-order valence-electron chi connectivity index (χ1n) is 6.75. The third-order valence-corrected chi connectivity index (χ3v) is 2.76. The lowest BCUT2D eigenvalue weighted by molar-refractivity contribution is 0.265. The molecule has 0 amide bonds. The van der Waals surface area contributed by atoms with Crippen LogP contribution in [0.2, 0.25) is 0 Å². The largest absolute Gasteiger partial charge is 0.482 e. The highest BCUT2D eigenvalue weighted by Crippen LogP contribution is 2.13. The van der Waals surface area contributed by atoms with Crippen LogP contribution < -0.4 is 10.1 Å². The fourth-order valence-corrected chi connectivity index (χ4v) is 1.73. The first-order valence-corrected chi connectivity index (χ1v) is 6.75. The molecule has 0 aliphatic rings. The number of nitrogens with zero attached hydrogens (tertiary/aromatic N) is 2. The van der Waals surface area contributed by atoms with Crippen LogP contribution in [0, 0.1) is 0 Å². The summed E-state index contributed by atoms with van der Waals surface area (Å²) in [6.45, 7) is 7.23. The van der Waals surface area contributed by atoms with E-state index in [2.05, 4.69) is 17.3 Å². The van der Waals surface area contributed by atoms with E-state index in [4.69, 9.17) is 9.15 Å². The van der Waals surface area contributed by atoms with Crippen molar-refractivity contribution in [1.82, 2.24) is 15.1 Å². The molecule has 2 aromatic heterocycles. The van der Waals surface area contributed by atoms with Crippen LogP contribution in [0.3, 0.4) is 0 Å². The van der Waals surface area contributed by atoms with Crippen molar-refractivity contribution in [2.45, 2.75) is 40.0 Å². The number of rotatable bonds is 8. The number of hydrogen-bond donors (Lipinski definition) is 1. The summed E-state index contributed by atoms with van der Waals surface area (Å²) in [7, 11) is 0. The number of nitrogens with one attached hydrogen (secondary N) is 1. The molecule has 104 valence electrons. The zero-order valence-electron chi connectivity index (χ0n) is 11.6. The summed E-state index contributed by atoms with van der Waals surface area (Å²) in [5.41, 5.74) is 0. The van der Waals surface area contributed by atoms with Gasteiger partial charge in [-0.05, 0) is 32.0 Å². The normalized spacial score (nSPS) is 10.8. The van der Waals surface area contributed by atoms with Gasteiger partial charge < -0.3 is 14.5 Å². The lowest BCUT2D eigenvalue weighted by atomic mass is 10.4. The predicted molar refractivity (Wildman–Crippen MR) is 72.9 cm³/mol. The summed E-state index contributed by atoms with van der Waals surface area (Å²) < 4.78 is 13.1. The van der Waals surface area contributed by atoms with Crippen LogP contribution in [0.1, 0.15) is 31.8 Å². The Morgan fingerprint density at radius 2 is 2.16 bits per heavy atom. The maximum atomic E-state index is 5.67. The second-order valence-electron chi connectivity index (χ2n) is 4.37. The van der Waals surface area contributed by atoms with Gasteiger partial charge in [0.05, 0.1) is 18.9 Å². The van der Waals surface area contributed by atoms with Gasteiger partial charge in [0.25, 0.3) is 0 Å². The van der Waals surface area contributed by atoms with Crippen LogP contribution >= 0.6 is 0 Å². The Morgan fingerprint density at radius 3 is 2.89 bits per heavy atom. The van der Waals surface area contributed by atoms with E-state index in [1.165, 1.54) is 0 Å². The van der Waals surface area contributed by atoms with Crippen molar-refractivity contribution in [3.8, 4) is 5.75 Å². The Balaban J connectivity index is 1.79. The molecule has 5 nitrogen and oxygen atoms in total. The molecule has 0 fully saturated rings. The van der Waals surface area contributed by atoms with Gasteiger partial charge in [0, 0.05) is 6.54 Å². The van der Waals surface area contributed by atoms with Gasteiger partial charge in [0.15, 0.2) is 5.75 Å². The summed E-state index contributed by atoms with van der Waals surface area (Å²) in [5.74, 6) is 2.54. The average Bonchev–Trinajstić information content (AvgIpc) is 3.05. The predicted octanol–water partition coefficient (Wildman–Crippen LogP) is 2.57. The smallest absolute Gasteiger partial charge is 0.157 e. The zero-order chi connectivity index (χ0) is 13.5. The second kappa shape index (κ2) is 6.99. The van der Waals surface area contributed by atoms with Crippen molar-refractivity contribution in [1.29, 1.82) is 0 Å². The second-order valence-corrected chi connectivity index (χ2v) is 4.37. The van der Waals surface area contributed by atoms with Crippen molar-refractivity contribution >= 4 is 0 Å². The van der Waals surface area contributed by atoms with Gasteiger partial charge >= 0.3 is 0 Å². The van der Waals surface area contributed by atoms with E-state index in [1.807, 2.05) is 29.9 Å². The molecule has 2 rings (SSSR count). The quantitative estimate of drug-likeness (QED) is 0.744. The van der Waals surface area contributed by atoms with Crippen LogP contribution in [0.25, 0.3) is 0 Å². The molecule has 0 unspecified atom stereocenters. The van der Waals surface area contributed by atoms with Crippen LogP contribution in [0.5, 0.6) is 5.75 Å². The van der Waals surface area contributed by atoms with E-state index < -0.39 is 0 Å². The summed E-state index contributed by atoms with van der Waals surface area (Å²) in [6.07, 6.45) is 4.72. The van der Waals surface area contributed by atoms with Crippen molar-refractivity contribution < 1.29 is 9.15 Å². The Kier molecular flexibility index (Phi) is 5.03. The molecule has 1 N–H and O–H groups in total. The lowest BCUT2D eigenvalue weighted by Crippen LogP contribution is -2.13. The van der Waals surface area contributed by atoms with Gasteiger partial charge in [0.1, 0.15) is 18.1 Å². The van der Waals surface area contributed by atoms with E-state index in [1.54, 1.807) is 6.20 Å². The van der Waals surface area contributed by atoms with E-state index >= 15 is 0 Å². The Labute approximate surface area is 113 Å². The van der Waals surface area contributed by atoms with Gasteiger partial charge in [-0.1, -0.05) is 6.92 Å². The fourth-order valence-electron chi connectivity index (χ4n) is 1.73. The molecular weight excluding hydrogens is 242 g/mol. The average molecular weight is 263 g/mol. The van der Waals surface area contributed by atoms with Gasteiger partial charge in [-0.3, -0.25) is 4.68 Å². The maximum absolute atomic E-state index is 5.67. The Morgan fingerprint density at radius 1 is 1.32 bits per heavy atom. The number of furan rings is 1. The molecule has 19 heavy (non-hydrogen) atoms. The zero-order valence-corrected chi connectivity index (χ0v) is 11.6. The number of aromatic nitrogens is 2. The van der Waals surface area contributed by atoms with Gasteiger partial charge in [-0.2, -0.15) is 5.10 Å². The number of hydrogen-bond acceptors (Lipinski definition) is 4. The van der Waals surface area contributed by atoms with Crippen molar-refractivity contribution in [3.05, 3.63) is 36.0 Å². The molecule has 0 saturated carbocycles. The molecule has 0 saturated heterocycles. The minimum absolute atomic E-state index is 0.434. The highest BCUT2D eigenvalue weighted by molar-refractivity contribution is 5.13. The lowest BCUT2D eigenvalue weighted by Gasteiger charge is -2.01. The molecular formula is C14H21N3O2. The third-order valence-electron chi connectivity index (χ3n) is 2.76. The van der Waals surface area contributed by atoms with Crippen LogP contribution in [0.15, 0.2) is 28.9 Å². The Hall–Kier alpha value is -1.75. The fraction of sp³-hybridized carbons (Fsp3) is 0.500. The summed E-state index contributed by atoms with van der Waals surface area (Å²) >= 11 is 0.